The molecule has 1 fully saturated rings. The molecule has 1 atom stereocenters. The average molecular weight is 237 g/mol. The van der Waals surface area contributed by atoms with Crippen molar-refractivity contribution in [1.29, 1.82) is 0 Å². The van der Waals surface area contributed by atoms with Gasteiger partial charge in [0, 0.05) is 13.1 Å². The van der Waals surface area contributed by atoms with Crippen LogP contribution < -0.4 is 0 Å². The van der Waals surface area contributed by atoms with Gasteiger partial charge in [-0.05, 0) is 20.8 Å². The number of sulfonamides is 1. The SMILES string of the molecule is CC(CO)S(=O)(=O)N1CCOC(C)(C)C1. The van der Waals surface area contributed by atoms with Crippen LogP contribution in [0.4, 0.5) is 0 Å². The predicted octanol–water partition coefficient (Wildman–Crippen LogP) is -0.192. The molecule has 1 heterocycles. The zero-order valence-corrected chi connectivity index (χ0v) is 10.2. The van der Waals surface area contributed by atoms with E-state index in [0.29, 0.717) is 19.7 Å². The van der Waals surface area contributed by atoms with E-state index in [4.69, 9.17) is 9.84 Å². The Morgan fingerprint density at radius 2 is 2.13 bits per heavy atom. The Bertz CT molecular complexity index is 312. The second kappa shape index (κ2) is 4.37. The molecule has 1 unspecified atom stereocenters. The average Bonchev–Trinajstić information content (AvgIpc) is 2.15. The number of hydrogen-bond donors (Lipinski definition) is 1. The summed E-state index contributed by atoms with van der Waals surface area (Å²) in [5, 5.41) is 8.15. The first-order valence-electron chi connectivity index (χ1n) is 5.03. The Balaban J connectivity index is 2.80. The summed E-state index contributed by atoms with van der Waals surface area (Å²) in [6.07, 6.45) is 0. The first kappa shape index (κ1) is 12.9. The summed E-state index contributed by atoms with van der Waals surface area (Å²) in [7, 11) is -3.38. The monoisotopic (exact) mass is 237 g/mol. The second-order valence-corrected chi connectivity index (χ2v) is 6.83. The maximum absolute atomic E-state index is 11.9. The molecule has 0 aromatic carbocycles. The van der Waals surface area contributed by atoms with Gasteiger partial charge >= 0.3 is 0 Å². The van der Waals surface area contributed by atoms with Crippen LogP contribution in [0.2, 0.25) is 0 Å². The number of ether oxygens (including phenoxy) is 1. The molecule has 1 aliphatic rings. The van der Waals surface area contributed by atoms with Gasteiger partial charge in [0.25, 0.3) is 0 Å². The Hall–Kier alpha value is -0.170. The summed E-state index contributed by atoms with van der Waals surface area (Å²) >= 11 is 0. The molecule has 90 valence electrons. The van der Waals surface area contributed by atoms with Crippen LogP contribution in [0, 0.1) is 0 Å². The minimum absolute atomic E-state index is 0.347. The van der Waals surface area contributed by atoms with Gasteiger partial charge in [0.2, 0.25) is 10.0 Å². The van der Waals surface area contributed by atoms with E-state index in [1.54, 1.807) is 0 Å². The first-order valence-corrected chi connectivity index (χ1v) is 6.54. The molecule has 1 saturated heterocycles. The van der Waals surface area contributed by atoms with Crippen molar-refractivity contribution in [1.82, 2.24) is 4.31 Å². The summed E-state index contributed by atoms with van der Waals surface area (Å²) in [6, 6.07) is 0. The molecule has 5 nitrogen and oxygen atoms in total. The number of aliphatic hydroxyl groups is 1. The fraction of sp³-hybridized carbons (Fsp3) is 1.00. The van der Waals surface area contributed by atoms with Gasteiger partial charge < -0.3 is 9.84 Å². The molecule has 15 heavy (non-hydrogen) atoms. The molecule has 0 aromatic rings. The molecule has 0 radical (unpaired) electrons. The van der Waals surface area contributed by atoms with Crippen LogP contribution in [0.15, 0.2) is 0 Å². The van der Waals surface area contributed by atoms with E-state index in [1.807, 2.05) is 13.8 Å². The standard InChI is InChI=1S/C9H19NO4S/c1-8(6-11)15(12,13)10-4-5-14-9(2,3)7-10/h8,11H,4-7H2,1-3H3. The molecule has 0 amide bonds. The minimum atomic E-state index is -3.38. The second-order valence-electron chi connectivity index (χ2n) is 4.48. The number of rotatable bonds is 3. The Morgan fingerprint density at radius 1 is 1.53 bits per heavy atom. The predicted molar refractivity (Wildman–Crippen MR) is 57.1 cm³/mol. The van der Waals surface area contributed by atoms with Crippen molar-refractivity contribution in [3.05, 3.63) is 0 Å². The van der Waals surface area contributed by atoms with Crippen LogP contribution in [-0.2, 0) is 14.8 Å². The van der Waals surface area contributed by atoms with Crippen molar-refractivity contribution in [2.24, 2.45) is 0 Å². The van der Waals surface area contributed by atoms with Gasteiger partial charge in [-0.2, -0.15) is 4.31 Å². The highest BCUT2D eigenvalue weighted by atomic mass is 32.2. The van der Waals surface area contributed by atoms with E-state index in [-0.39, 0.29) is 6.61 Å². The summed E-state index contributed by atoms with van der Waals surface area (Å²) in [5.41, 5.74) is -0.444. The van der Waals surface area contributed by atoms with E-state index in [9.17, 15) is 8.42 Å². The highest BCUT2D eigenvalue weighted by molar-refractivity contribution is 7.89. The van der Waals surface area contributed by atoms with Crippen LogP contribution in [0.25, 0.3) is 0 Å². The maximum atomic E-state index is 11.9. The van der Waals surface area contributed by atoms with Crippen molar-refractivity contribution in [2.75, 3.05) is 26.3 Å². The third-order valence-corrected chi connectivity index (χ3v) is 4.71. The maximum Gasteiger partial charge on any atom is 0.219 e. The van der Waals surface area contributed by atoms with E-state index in [2.05, 4.69) is 0 Å². The zero-order valence-electron chi connectivity index (χ0n) is 9.43. The third kappa shape index (κ3) is 2.90. The number of morpholine rings is 1. The van der Waals surface area contributed by atoms with Gasteiger partial charge in [-0.15, -0.1) is 0 Å². The Kier molecular flexibility index (Phi) is 3.76. The van der Waals surface area contributed by atoms with Crippen LogP contribution in [0.5, 0.6) is 0 Å². The zero-order chi connectivity index (χ0) is 11.7. The number of nitrogens with zero attached hydrogens (tertiary/aromatic N) is 1. The lowest BCUT2D eigenvalue weighted by Crippen LogP contribution is -2.52. The van der Waals surface area contributed by atoms with Crippen molar-refractivity contribution >= 4 is 10.0 Å². The van der Waals surface area contributed by atoms with Crippen molar-refractivity contribution in [3.8, 4) is 0 Å². The minimum Gasteiger partial charge on any atom is -0.395 e. The van der Waals surface area contributed by atoms with Gasteiger partial charge in [-0.1, -0.05) is 0 Å². The van der Waals surface area contributed by atoms with Gasteiger partial charge in [-0.3, -0.25) is 0 Å². The van der Waals surface area contributed by atoms with Gasteiger partial charge in [0.15, 0.2) is 0 Å². The number of hydrogen-bond acceptors (Lipinski definition) is 4. The summed E-state index contributed by atoms with van der Waals surface area (Å²) < 4.78 is 30.7. The summed E-state index contributed by atoms with van der Waals surface area (Å²) in [6.45, 7) is 6.01. The van der Waals surface area contributed by atoms with E-state index in [1.165, 1.54) is 11.2 Å². The van der Waals surface area contributed by atoms with Gasteiger partial charge in [-0.25, -0.2) is 8.42 Å². The Morgan fingerprint density at radius 3 is 2.60 bits per heavy atom. The molecule has 0 spiro atoms. The normalized spacial score (nSPS) is 25.1. The molecule has 0 bridgehead atoms. The van der Waals surface area contributed by atoms with Crippen LogP contribution in [0.3, 0.4) is 0 Å². The van der Waals surface area contributed by atoms with E-state index >= 15 is 0 Å². The highest BCUT2D eigenvalue weighted by Gasteiger charge is 2.36. The van der Waals surface area contributed by atoms with Crippen LogP contribution in [0.1, 0.15) is 20.8 Å². The Labute approximate surface area is 91.1 Å². The first-order chi connectivity index (χ1) is 6.79. The molecule has 1 aliphatic heterocycles. The molecule has 1 N–H and O–H groups in total. The fourth-order valence-corrected chi connectivity index (χ4v) is 3.06. The molecular formula is C9H19NO4S. The molecule has 0 saturated carbocycles. The van der Waals surface area contributed by atoms with Crippen molar-refractivity contribution in [3.63, 3.8) is 0 Å². The lowest BCUT2D eigenvalue weighted by atomic mass is 10.1. The molecule has 0 aliphatic carbocycles. The highest BCUT2D eigenvalue weighted by Crippen LogP contribution is 2.20. The van der Waals surface area contributed by atoms with Crippen molar-refractivity contribution < 1.29 is 18.3 Å². The van der Waals surface area contributed by atoms with E-state index < -0.39 is 20.9 Å². The lowest BCUT2D eigenvalue weighted by Gasteiger charge is -2.38. The largest absolute Gasteiger partial charge is 0.395 e. The van der Waals surface area contributed by atoms with Crippen LogP contribution >= 0.6 is 0 Å². The molecule has 6 heteroatoms. The molecular weight excluding hydrogens is 218 g/mol. The van der Waals surface area contributed by atoms with Gasteiger partial charge in [0.05, 0.1) is 24.1 Å². The topological polar surface area (TPSA) is 66.8 Å². The molecule has 1 rings (SSSR count). The summed E-state index contributed by atoms with van der Waals surface area (Å²) in [4.78, 5) is 0. The number of aliphatic hydroxyl groups excluding tert-OH is 1. The van der Waals surface area contributed by atoms with Crippen LogP contribution in [-0.4, -0.2) is 55.0 Å². The quantitative estimate of drug-likeness (QED) is 0.738. The fourth-order valence-electron chi connectivity index (χ4n) is 1.54. The summed E-state index contributed by atoms with van der Waals surface area (Å²) in [5.74, 6) is 0. The molecule has 0 aromatic heterocycles. The third-order valence-electron chi connectivity index (χ3n) is 2.52. The van der Waals surface area contributed by atoms with Crippen molar-refractivity contribution in [2.45, 2.75) is 31.6 Å². The van der Waals surface area contributed by atoms with Gasteiger partial charge in [0.1, 0.15) is 0 Å². The smallest absolute Gasteiger partial charge is 0.219 e. The van der Waals surface area contributed by atoms with E-state index in [0.717, 1.165) is 0 Å². The lowest BCUT2D eigenvalue weighted by molar-refractivity contribution is -0.0643.